The molecular weight excluding hydrogens is 348 g/mol. The first-order valence-corrected chi connectivity index (χ1v) is 8.18. The number of amides is 1. The number of nitrogen functional groups attached to an aromatic ring is 1. The summed E-state index contributed by atoms with van der Waals surface area (Å²) in [5.74, 6) is -0.687. The lowest BCUT2D eigenvalue weighted by molar-refractivity contribution is 0.100. The molecule has 3 rings (SSSR count). The minimum absolute atomic E-state index is 0.00617. The highest BCUT2D eigenvalue weighted by molar-refractivity contribution is 6.08. The highest BCUT2D eigenvalue weighted by Gasteiger charge is 2.24. The first kappa shape index (κ1) is 18.2. The van der Waals surface area contributed by atoms with Crippen LogP contribution in [0, 0.1) is 20.8 Å². The quantitative estimate of drug-likeness (QED) is 0.644. The number of benzene rings is 1. The van der Waals surface area contributed by atoms with Crippen LogP contribution >= 0.6 is 0 Å². The van der Waals surface area contributed by atoms with Gasteiger partial charge in [-0.25, -0.2) is 4.98 Å². The number of nitrogens with zero attached hydrogens (tertiary/aromatic N) is 2. The maximum Gasteiger partial charge on any atom is 0.266 e. The highest BCUT2D eigenvalue weighted by atomic mass is 16.5. The van der Waals surface area contributed by atoms with Crippen molar-refractivity contribution in [3.8, 4) is 17.3 Å². The number of rotatable bonds is 3. The number of primary amides is 1. The summed E-state index contributed by atoms with van der Waals surface area (Å²) >= 11 is 0. The van der Waals surface area contributed by atoms with Crippen molar-refractivity contribution < 1.29 is 14.6 Å². The summed E-state index contributed by atoms with van der Waals surface area (Å²) in [6.07, 6.45) is 0. The molecule has 2 aromatic heterocycles. The number of phenolic OH excluding ortho intramolecular Hbond substituents is 1. The molecule has 5 N–H and O–H groups in total. The van der Waals surface area contributed by atoms with E-state index in [0.29, 0.717) is 22.4 Å². The zero-order valence-electron chi connectivity index (χ0n) is 15.5. The molecule has 0 aliphatic rings. The van der Waals surface area contributed by atoms with Crippen LogP contribution in [0.25, 0.3) is 16.6 Å². The van der Waals surface area contributed by atoms with Crippen molar-refractivity contribution in [3.05, 3.63) is 50.8 Å². The van der Waals surface area contributed by atoms with E-state index < -0.39 is 11.5 Å². The normalized spacial score (nSPS) is 11.0. The van der Waals surface area contributed by atoms with E-state index in [1.165, 1.54) is 17.7 Å². The first-order chi connectivity index (χ1) is 12.7. The summed E-state index contributed by atoms with van der Waals surface area (Å²) in [7, 11) is 1.44. The number of aryl methyl sites for hydroxylation is 2. The number of carbonyl (C=O) groups is 1. The number of hydrogen-bond donors (Lipinski definition) is 3. The van der Waals surface area contributed by atoms with Crippen molar-refractivity contribution in [2.45, 2.75) is 20.8 Å². The summed E-state index contributed by atoms with van der Waals surface area (Å²) in [5.41, 5.74) is 13.5. The van der Waals surface area contributed by atoms with E-state index in [1.54, 1.807) is 32.9 Å². The molecule has 3 aromatic rings. The van der Waals surface area contributed by atoms with Crippen LogP contribution in [0.3, 0.4) is 0 Å². The number of phenols is 1. The van der Waals surface area contributed by atoms with Crippen LogP contribution in [0.15, 0.2) is 23.0 Å². The first-order valence-electron chi connectivity index (χ1n) is 8.18. The van der Waals surface area contributed by atoms with E-state index in [9.17, 15) is 14.7 Å². The molecule has 0 saturated heterocycles. The van der Waals surface area contributed by atoms with Gasteiger partial charge in [0.25, 0.3) is 11.5 Å². The maximum absolute atomic E-state index is 13.3. The number of pyridine rings is 2. The molecule has 0 fully saturated rings. The van der Waals surface area contributed by atoms with Crippen molar-refractivity contribution in [1.29, 1.82) is 0 Å². The van der Waals surface area contributed by atoms with Crippen LogP contribution in [-0.4, -0.2) is 27.7 Å². The van der Waals surface area contributed by atoms with Crippen molar-refractivity contribution >= 4 is 22.6 Å². The number of nitrogens with two attached hydrogens (primary N) is 2. The Bertz CT molecular complexity index is 1170. The Balaban J connectivity index is 2.59. The summed E-state index contributed by atoms with van der Waals surface area (Å²) in [4.78, 5) is 29.7. The Kier molecular flexibility index (Phi) is 4.27. The van der Waals surface area contributed by atoms with Crippen LogP contribution in [-0.2, 0) is 0 Å². The van der Waals surface area contributed by atoms with Gasteiger partial charge in [-0.15, -0.1) is 0 Å². The third-order valence-electron chi connectivity index (χ3n) is 4.60. The number of fused-ring (bicyclic) bond motifs is 1. The Hall–Kier alpha value is -3.55. The van der Waals surface area contributed by atoms with Gasteiger partial charge in [-0.3, -0.25) is 14.2 Å². The second-order valence-corrected chi connectivity index (χ2v) is 6.35. The lowest BCUT2D eigenvalue weighted by Crippen LogP contribution is -2.28. The number of ether oxygens (including phenoxy) is 1. The van der Waals surface area contributed by atoms with E-state index in [0.717, 1.165) is 0 Å². The number of hydrogen-bond acceptors (Lipinski definition) is 6. The Morgan fingerprint density at radius 1 is 1.22 bits per heavy atom. The van der Waals surface area contributed by atoms with Crippen molar-refractivity contribution in [3.63, 3.8) is 0 Å². The third-order valence-corrected chi connectivity index (χ3v) is 4.60. The fraction of sp³-hybridized carbons (Fsp3) is 0.211. The van der Waals surface area contributed by atoms with Crippen LogP contribution in [0.1, 0.15) is 27.0 Å². The molecule has 8 heteroatoms. The molecule has 0 aliphatic heterocycles. The number of methoxy groups -OCH3 is 1. The summed E-state index contributed by atoms with van der Waals surface area (Å²) in [6, 6.07) is 4.77. The van der Waals surface area contributed by atoms with Crippen LogP contribution in [0.2, 0.25) is 0 Å². The zero-order chi connectivity index (χ0) is 20.0. The molecule has 0 unspecified atom stereocenters. The Morgan fingerprint density at radius 2 is 1.89 bits per heavy atom. The lowest BCUT2D eigenvalue weighted by atomic mass is 10.0. The number of aromatic nitrogens is 2. The van der Waals surface area contributed by atoms with E-state index >= 15 is 0 Å². The largest absolute Gasteiger partial charge is 0.508 e. The van der Waals surface area contributed by atoms with Gasteiger partial charge in [0.1, 0.15) is 17.1 Å². The number of carbonyl (C=O) groups excluding carboxylic acids is 1. The predicted octanol–water partition coefficient (Wildman–Crippen LogP) is 1.71. The maximum atomic E-state index is 13.3. The molecule has 2 heterocycles. The third kappa shape index (κ3) is 2.66. The van der Waals surface area contributed by atoms with Gasteiger partial charge < -0.3 is 21.3 Å². The van der Waals surface area contributed by atoms with Crippen molar-refractivity contribution in [2.75, 3.05) is 12.8 Å². The fourth-order valence-electron chi connectivity index (χ4n) is 3.25. The molecule has 1 amide bonds. The van der Waals surface area contributed by atoms with Gasteiger partial charge in [-0.05, 0) is 38.5 Å². The van der Waals surface area contributed by atoms with Crippen molar-refractivity contribution in [2.24, 2.45) is 5.73 Å². The standard InChI is InChI=1S/C19H20N4O4/c1-8-5-6-12(24)10(3)15(8)23-16(20)13(17(21)25)14-11(19(23)26)7-9(2)18(22-14)27-4/h5-7,24H,20H2,1-4H3,(H2,21,25). The average Bonchev–Trinajstić information content (AvgIpc) is 2.61. The highest BCUT2D eigenvalue weighted by Crippen LogP contribution is 2.31. The lowest BCUT2D eigenvalue weighted by Gasteiger charge is -2.19. The minimum Gasteiger partial charge on any atom is -0.508 e. The van der Waals surface area contributed by atoms with Crippen LogP contribution in [0.5, 0.6) is 11.6 Å². The van der Waals surface area contributed by atoms with Gasteiger partial charge in [0.2, 0.25) is 5.88 Å². The van der Waals surface area contributed by atoms with Crippen molar-refractivity contribution in [1.82, 2.24) is 9.55 Å². The number of aromatic hydroxyl groups is 1. The minimum atomic E-state index is -0.819. The molecule has 0 bridgehead atoms. The second kappa shape index (κ2) is 6.31. The molecule has 0 aliphatic carbocycles. The van der Waals surface area contributed by atoms with Crippen LogP contribution in [0.4, 0.5) is 5.82 Å². The zero-order valence-corrected chi connectivity index (χ0v) is 15.5. The number of anilines is 1. The fourth-order valence-corrected chi connectivity index (χ4v) is 3.25. The van der Waals surface area contributed by atoms with Gasteiger partial charge in [-0.2, -0.15) is 0 Å². The molecule has 8 nitrogen and oxygen atoms in total. The smallest absolute Gasteiger partial charge is 0.266 e. The summed E-state index contributed by atoms with van der Waals surface area (Å²) in [5, 5.41) is 10.3. The molecule has 0 radical (unpaired) electrons. The summed E-state index contributed by atoms with van der Waals surface area (Å²) in [6.45, 7) is 5.18. The average molecular weight is 368 g/mol. The molecular formula is C19H20N4O4. The van der Waals surface area contributed by atoms with Gasteiger partial charge >= 0.3 is 0 Å². The second-order valence-electron chi connectivity index (χ2n) is 6.35. The molecule has 1 aromatic carbocycles. The molecule has 140 valence electrons. The van der Waals surface area contributed by atoms with Gasteiger partial charge in [-0.1, -0.05) is 6.07 Å². The Morgan fingerprint density at radius 3 is 2.48 bits per heavy atom. The van der Waals surface area contributed by atoms with Crippen LogP contribution < -0.4 is 21.8 Å². The molecule has 0 saturated carbocycles. The van der Waals surface area contributed by atoms with E-state index in [1.807, 2.05) is 0 Å². The predicted molar refractivity (Wildman–Crippen MR) is 103 cm³/mol. The summed E-state index contributed by atoms with van der Waals surface area (Å²) < 4.78 is 6.39. The monoisotopic (exact) mass is 368 g/mol. The van der Waals surface area contributed by atoms with E-state index in [-0.39, 0.29) is 33.9 Å². The SMILES string of the molecule is COc1nc2c(C(N)=O)c(N)n(-c3c(C)ccc(O)c3C)c(=O)c2cc1C. The molecule has 27 heavy (non-hydrogen) atoms. The van der Waals surface area contributed by atoms with E-state index in [4.69, 9.17) is 16.2 Å². The van der Waals surface area contributed by atoms with Gasteiger partial charge in [0.15, 0.2) is 0 Å². The Labute approximate surface area is 155 Å². The molecule has 0 spiro atoms. The molecule has 0 atom stereocenters. The van der Waals surface area contributed by atoms with E-state index in [2.05, 4.69) is 4.98 Å². The topological polar surface area (TPSA) is 133 Å². The van der Waals surface area contributed by atoms with Gasteiger partial charge in [0.05, 0.1) is 23.7 Å². The van der Waals surface area contributed by atoms with Gasteiger partial charge in [0, 0.05) is 11.1 Å².